The highest BCUT2D eigenvalue weighted by molar-refractivity contribution is 5.82. The molecule has 0 atom stereocenters. The summed E-state index contributed by atoms with van der Waals surface area (Å²) in [5.74, 6) is -2.32. The minimum Gasteiger partial charge on any atom is -0.503 e. The Kier molecular flexibility index (Phi) is 3.31. The van der Waals surface area contributed by atoms with Crippen molar-refractivity contribution in [3.05, 3.63) is 17.3 Å². The third-order valence-electron chi connectivity index (χ3n) is 1.62. The predicted octanol–water partition coefficient (Wildman–Crippen LogP) is 1.97. The number of carbonyl (C=O) groups is 1. The average molecular weight is 239 g/mol. The predicted molar refractivity (Wildman–Crippen MR) is 42.8 cm³/mol. The number of hydrogen-bond donors (Lipinski definition) is 1. The number of halogens is 4. The second-order valence-electron chi connectivity index (χ2n) is 2.65. The highest BCUT2D eigenvalue weighted by atomic mass is 19.4. The topological polar surface area (TPSA) is 59.4 Å². The van der Waals surface area contributed by atoms with Gasteiger partial charge in [-0.25, -0.2) is 9.37 Å². The first-order valence-electron chi connectivity index (χ1n) is 3.86. The summed E-state index contributed by atoms with van der Waals surface area (Å²) >= 11 is 0. The molecule has 0 aliphatic carbocycles. The molecule has 16 heavy (non-hydrogen) atoms. The third-order valence-corrected chi connectivity index (χ3v) is 1.62. The SMILES string of the molecule is O=Cc1c(CF)cnc(OC(F)(F)F)c1O. The molecule has 1 rings (SSSR count). The number of carbonyl (C=O) groups excluding carboxylic acids is 1. The molecule has 8 heteroatoms. The summed E-state index contributed by atoms with van der Waals surface area (Å²) in [6.45, 7) is -1.14. The van der Waals surface area contributed by atoms with Crippen molar-refractivity contribution in [1.82, 2.24) is 4.98 Å². The number of rotatable bonds is 3. The molecule has 0 bridgehead atoms. The highest BCUT2D eigenvalue weighted by Crippen LogP contribution is 2.32. The molecule has 0 aliphatic rings. The maximum atomic E-state index is 12.2. The van der Waals surface area contributed by atoms with Crippen LogP contribution in [0.3, 0.4) is 0 Å². The van der Waals surface area contributed by atoms with Gasteiger partial charge in [-0.1, -0.05) is 0 Å². The molecule has 0 saturated heterocycles. The van der Waals surface area contributed by atoms with Crippen LogP contribution in [0.25, 0.3) is 0 Å². The van der Waals surface area contributed by atoms with Gasteiger partial charge in [-0.3, -0.25) is 4.79 Å². The standard InChI is InChI=1S/C8H5F4NO3/c9-1-4-2-13-7(16-8(10,11)12)6(15)5(4)3-14/h2-3,15H,1H2. The van der Waals surface area contributed by atoms with E-state index in [0.717, 1.165) is 0 Å². The second-order valence-corrected chi connectivity index (χ2v) is 2.65. The first kappa shape index (κ1) is 12.2. The van der Waals surface area contributed by atoms with Crippen molar-refractivity contribution in [3.8, 4) is 11.6 Å². The largest absolute Gasteiger partial charge is 0.574 e. The van der Waals surface area contributed by atoms with Gasteiger partial charge in [-0.05, 0) is 0 Å². The van der Waals surface area contributed by atoms with E-state index < -0.39 is 30.2 Å². The summed E-state index contributed by atoms with van der Waals surface area (Å²) in [7, 11) is 0. The number of aldehydes is 1. The average Bonchev–Trinajstić information content (AvgIpc) is 2.19. The number of pyridine rings is 1. The number of aromatic hydroxyl groups is 1. The van der Waals surface area contributed by atoms with Crippen LogP contribution in [0.15, 0.2) is 6.20 Å². The van der Waals surface area contributed by atoms with Crippen LogP contribution in [-0.2, 0) is 6.67 Å². The molecule has 1 N–H and O–H groups in total. The first-order chi connectivity index (χ1) is 7.39. The van der Waals surface area contributed by atoms with Crippen LogP contribution in [0.2, 0.25) is 0 Å². The Morgan fingerprint density at radius 3 is 2.56 bits per heavy atom. The van der Waals surface area contributed by atoms with Crippen molar-refractivity contribution in [1.29, 1.82) is 0 Å². The van der Waals surface area contributed by atoms with Crippen molar-refractivity contribution < 1.29 is 32.2 Å². The van der Waals surface area contributed by atoms with Gasteiger partial charge >= 0.3 is 6.36 Å². The maximum absolute atomic E-state index is 12.2. The van der Waals surface area contributed by atoms with Gasteiger partial charge in [0.05, 0.1) is 5.56 Å². The summed E-state index contributed by atoms with van der Waals surface area (Å²) < 4.78 is 51.0. The number of ether oxygens (including phenoxy) is 1. The normalized spacial score (nSPS) is 11.2. The number of alkyl halides is 4. The van der Waals surface area contributed by atoms with Gasteiger partial charge in [0.1, 0.15) is 6.67 Å². The van der Waals surface area contributed by atoms with E-state index in [0.29, 0.717) is 6.20 Å². The Morgan fingerprint density at radius 2 is 2.12 bits per heavy atom. The number of hydrogen-bond acceptors (Lipinski definition) is 4. The quantitative estimate of drug-likeness (QED) is 0.647. The van der Waals surface area contributed by atoms with E-state index in [1.54, 1.807) is 0 Å². The monoisotopic (exact) mass is 239 g/mol. The molecule has 0 fully saturated rings. The highest BCUT2D eigenvalue weighted by Gasteiger charge is 2.33. The molecular formula is C8H5F4NO3. The van der Waals surface area contributed by atoms with Crippen LogP contribution in [-0.4, -0.2) is 22.7 Å². The molecule has 88 valence electrons. The molecule has 4 nitrogen and oxygen atoms in total. The van der Waals surface area contributed by atoms with E-state index in [-0.39, 0.29) is 11.8 Å². The maximum Gasteiger partial charge on any atom is 0.574 e. The van der Waals surface area contributed by atoms with E-state index >= 15 is 0 Å². The van der Waals surface area contributed by atoms with Gasteiger partial charge < -0.3 is 9.84 Å². The summed E-state index contributed by atoms with van der Waals surface area (Å²) in [5, 5.41) is 9.18. The van der Waals surface area contributed by atoms with Crippen LogP contribution in [0.4, 0.5) is 17.6 Å². The van der Waals surface area contributed by atoms with Crippen LogP contribution in [0.5, 0.6) is 11.6 Å². The van der Waals surface area contributed by atoms with Gasteiger partial charge in [-0.2, -0.15) is 0 Å². The fraction of sp³-hybridized carbons (Fsp3) is 0.250. The van der Waals surface area contributed by atoms with Gasteiger partial charge in [0.25, 0.3) is 5.88 Å². The zero-order valence-electron chi connectivity index (χ0n) is 7.58. The summed E-state index contributed by atoms with van der Waals surface area (Å²) in [5.41, 5.74) is -0.932. The Hall–Kier alpha value is -1.86. The Labute approximate surface area is 86.5 Å². The van der Waals surface area contributed by atoms with Gasteiger partial charge in [0.2, 0.25) is 0 Å². The lowest BCUT2D eigenvalue weighted by molar-refractivity contribution is -0.276. The molecule has 0 spiro atoms. The molecule has 0 unspecified atom stereocenters. The Bertz CT molecular complexity index is 405. The first-order valence-corrected chi connectivity index (χ1v) is 3.86. The summed E-state index contributed by atoms with van der Waals surface area (Å²) in [6, 6.07) is 0. The van der Waals surface area contributed by atoms with E-state index in [2.05, 4.69) is 9.72 Å². The van der Waals surface area contributed by atoms with E-state index in [1.807, 2.05) is 0 Å². The summed E-state index contributed by atoms with van der Waals surface area (Å²) in [6.07, 6.45) is -4.35. The zero-order valence-corrected chi connectivity index (χ0v) is 7.58. The molecule has 0 radical (unpaired) electrons. The minimum atomic E-state index is -5.05. The van der Waals surface area contributed by atoms with Crippen molar-refractivity contribution in [2.75, 3.05) is 0 Å². The molecule has 0 aromatic carbocycles. The van der Waals surface area contributed by atoms with Crippen molar-refractivity contribution in [2.45, 2.75) is 13.0 Å². The molecule has 1 aromatic rings. The third kappa shape index (κ3) is 2.59. The Morgan fingerprint density at radius 1 is 1.50 bits per heavy atom. The lowest BCUT2D eigenvalue weighted by Gasteiger charge is -2.11. The molecule has 0 saturated carbocycles. The summed E-state index contributed by atoms with van der Waals surface area (Å²) in [4.78, 5) is 13.5. The van der Waals surface area contributed by atoms with Crippen LogP contribution in [0, 0.1) is 0 Å². The van der Waals surface area contributed by atoms with E-state index in [9.17, 15) is 27.5 Å². The van der Waals surface area contributed by atoms with Gasteiger partial charge in [0.15, 0.2) is 12.0 Å². The minimum absolute atomic E-state index is 0.0230. The lowest BCUT2D eigenvalue weighted by Crippen LogP contribution is -2.18. The van der Waals surface area contributed by atoms with Crippen molar-refractivity contribution >= 4 is 6.29 Å². The van der Waals surface area contributed by atoms with Crippen LogP contribution < -0.4 is 4.74 Å². The number of nitrogens with zero attached hydrogens (tertiary/aromatic N) is 1. The van der Waals surface area contributed by atoms with Crippen molar-refractivity contribution in [2.24, 2.45) is 0 Å². The molecule has 1 aromatic heterocycles. The van der Waals surface area contributed by atoms with Crippen LogP contribution >= 0.6 is 0 Å². The second kappa shape index (κ2) is 4.33. The smallest absolute Gasteiger partial charge is 0.503 e. The van der Waals surface area contributed by atoms with Crippen molar-refractivity contribution in [3.63, 3.8) is 0 Å². The fourth-order valence-corrected chi connectivity index (χ4v) is 0.957. The zero-order chi connectivity index (χ0) is 12.3. The molecule has 0 amide bonds. The van der Waals surface area contributed by atoms with Crippen LogP contribution in [0.1, 0.15) is 15.9 Å². The van der Waals surface area contributed by atoms with E-state index in [1.165, 1.54) is 0 Å². The van der Waals surface area contributed by atoms with Gasteiger partial charge in [-0.15, -0.1) is 13.2 Å². The molecular weight excluding hydrogens is 234 g/mol. The Balaban J connectivity index is 3.19. The molecule has 1 heterocycles. The lowest BCUT2D eigenvalue weighted by atomic mass is 10.1. The van der Waals surface area contributed by atoms with E-state index in [4.69, 9.17) is 0 Å². The van der Waals surface area contributed by atoms with Gasteiger partial charge in [0, 0.05) is 11.8 Å². The molecule has 0 aliphatic heterocycles. The fourth-order valence-electron chi connectivity index (χ4n) is 0.957. The number of aromatic nitrogens is 1.